The second kappa shape index (κ2) is 7.11. The Morgan fingerprint density at radius 1 is 1.04 bits per heavy atom. The minimum Gasteiger partial charge on any atom is -0.418 e. The van der Waals surface area contributed by atoms with Gasteiger partial charge >= 0.3 is 12.8 Å². The molecule has 0 spiro atoms. The van der Waals surface area contributed by atoms with E-state index in [-0.39, 0.29) is 5.92 Å². The number of hydrogen-bond donors (Lipinski definition) is 0. The van der Waals surface area contributed by atoms with Crippen LogP contribution in [0.15, 0.2) is 24.3 Å². The minimum absolute atomic E-state index is 0.0764. The second-order valence-corrected chi connectivity index (χ2v) is 7.16. The van der Waals surface area contributed by atoms with E-state index < -0.39 is 23.2 Å². The molecule has 0 radical (unpaired) electrons. The highest BCUT2D eigenvalue weighted by Crippen LogP contribution is 2.52. The fourth-order valence-corrected chi connectivity index (χ4v) is 4.16. The molecule has 2 rings (SSSR count). The van der Waals surface area contributed by atoms with E-state index in [0.29, 0.717) is 9.58 Å². The summed E-state index contributed by atoms with van der Waals surface area (Å²) in [5.41, 5.74) is -3.09. The number of benzene rings is 1. The summed E-state index contributed by atoms with van der Waals surface area (Å²) in [7, 11) is -7.74. The Labute approximate surface area is 132 Å². The number of thiophene rings is 1. The molecule has 0 aliphatic carbocycles. The van der Waals surface area contributed by atoms with Gasteiger partial charge in [0, 0.05) is 17.4 Å². The van der Waals surface area contributed by atoms with Crippen LogP contribution in [0.1, 0.15) is 37.1 Å². The third kappa shape index (κ3) is 5.71. The first-order chi connectivity index (χ1) is 10.3. The van der Waals surface area contributed by atoms with E-state index in [1.165, 1.54) is 0 Å². The summed E-state index contributed by atoms with van der Waals surface area (Å²) in [5, 5.41) is 0.749. The monoisotopic (exact) mass is 360 g/mol. The first-order valence-electron chi connectivity index (χ1n) is 6.87. The van der Waals surface area contributed by atoms with Gasteiger partial charge in [0.25, 0.3) is 0 Å². The third-order valence-electron chi connectivity index (χ3n) is 3.04. The van der Waals surface area contributed by atoms with Gasteiger partial charge in [-0.2, -0.15) is 0 Å². The molecule has 0 amide bonds. The molecule has 0 fully saturated rings. The Morgan fingerprint density at radius 2 is 1.57 bits per heavy atom. The highest BCUT2D eigenvalue weighted by Gasteiger charge is 2.48. The van der Waals surface area contributed by atoms with Crippen LogP contribution in [0.2, 0.25) is 0 Å². The van der Waals surface area contributed by atoms with Gasteiger partial charge in [-0.25, -0.2) is 0 Å². The summed E-state index contributed by atoms with van der Waals surface area (Å²) in [6.45, 7) is 5.65. The maximum Gasteiger partial charge on any atom is 0.673 e. The molecule has 9 heteroatoms. The van der Waals surface area contributed by atoms with Crippen molar-refractivity contribution in [3.05, 3.63) is 34.7 Å². The van der Waals surface area contributed by atoms with E-state index in [9.17, 15) is 30.4 Å². The fraction of sp³-hybridized carbons (Fsp3) is 0.429. The van der Waals surface area contributed by atoms with Gasteiger partial charge in [-0.3, -0.25) is 0 Å². The van der Waals surface area contributed by atoms with E-state index in [0.717, 1.165) is 17.4 Å². The maximum atomic E-state index is 13.2. The molecule has 0 saturated carbocycles. The molecule has 0 nitrogen and oxygen atoms in total. The SMILES string of the molecule is CCc1ccc2c(c1)cc(C(C)C)[s+]2C(F)(F)F.F[B-](F)(F)F. The fourth-order valence-electron chi connectivity index (χ4n) is 2.12. The molecular formula is C14H16BF7S. The first-order valence-corrected chi connectivity index (χ1v) is 8.10. The van der Waals surface area contributed by atoms with E-state index in [2.05, 4.69) is 0 Å². The molecule has 23 heavy (non-hydrogen) atoms. The average molecular weight is 360 g/mol. The van der Waals surface area contributed by atoms with Crippen LogP contribution in [-0.4, -0.2) is 7.25 Å². The largest absolute Gasteiger partial charge is 0.673 e. The number of hydrogen-bond acceptors (Lipinski definition) is 0. The molecule has 130 valence electrons. The number of rotatable bonds is 2. The predicted octanol–water partition coefficient (Wildman–Crippen LogP) is 7.05. The Hall–Kier alpha value is -1.25. The van der Waals surface area contributed by atoms with Gasteiger partial charge in [-0.1, -0.05) is 26.8 Å². The Morgan fingerprint density at radius 3 is 1.96 bits per heavy atom. The molecule has 1 atom stereocenters. The first kappa shape index (κ1) is 19.8. The minimum atomic E-state index is -6.00. The molecule has 1 aromatic carbocycles. The number of aryl methyl sites for hydroxylation is 1. The number of fused-ring (bicyclic) bond motifs is 1. The van der Waals surface area contributed by atoms with Gasteiger partial charge < -0.3 is 17.3 Å². The lowest BCUT2D eigenvalue weighted by molar-refractivity contribution is -0.0868. The summed E-state index contributed by atoms with van der Waals surface area (Å²) in [6.07, 6.45) is 0.845. The molecule has 1 unspecified atom stereocenters. The van der Waals surface area contributed by atoms with Gasteiger partial charge in [-0.05, 0) is 24.1 Å². The smallest absolute Gasteiger partial charge is 0.418 e. The van der Waals surface area contributed by atoms with Crippen molar-refractivity contribution in [3.63, 3.8) is 0 Å². The summed E-state index contributed by atoms with van der Waals surface area (Å²) in [5.74, 6) is -0.0764. The summed E-state index contributed by atoms with van der Waals surface area (Å²) < 4.78 is 79.0. The van der Waals surface area contributed by atoms with Crippen molar-refractivity contribution in [1.82, 2.24) is 0 Å². The normalized spacial score (nSPS) is 13.3. The second-order valence-electron chi connectivity index (χ2n) is 5.17. The maximum absolute atomic E-state index is 13.2. The van der Waals surface area contributed by atoms with Crippen LogP contribution >= 0.6 is 10.5 Å². The molecule has 0 bridgehead atoms. The Bertz CT molecular complexity index is 649. The van der Waals surface area contributed by atoms with Crippen molar-refractivity contribution in [2.45, 2.75) is 38.6 Å². The van der Waals surface area contributed by atoms with Gasteiger partial charge in [0.15, 0.2) is 9.58 Å². The van der Waals surface area contributed by atoms with Crippen LogP contribution in [0.4, 0.5) is 30.4 Å². The van der Waals surface area contributed by atoms with Gasteiger partial charge in [0.05, 0.1) is 10.5 Å². The van der Waals surface area contributed by atoms with Crippen LogP contribution in [-0.2, 0) is 11.9 Å². The van der Waals surface area contributed by atoms with Crippen molar-refractivity contribution in [2.75, 3.05) is 0 Å². The predicted molar refractivity (Wildman–Crippen MR) is 81.4 cm³/mol. The molecule has 0 N–H and O–H groups in total. The lowest BCUT2D eigenvalue weighted by atomic mass is 10.1. The van der Waals surface area contributed by atoms with Crippen LogP contribution in [0, 0.1) is 0 Å². The van der Waals surface area contributed by atoms with Crippen LogP contribution in [0.25, 0.3) is 10.1 Å². The molecule has 1 aromatic heterocycles. The number of halogens is 7. The van der Waals surface area contributed by atoms with E-state index >= 15 is 0 Å². The third-order valence-corrected chi connectivity index (χ3v) is 5.37. The van der Waals surface area contributed by atoms with Gasteiger partial charge in [-0.15, -0.1) is 13.2 Å². The van der Waals surface area contributed by atoms with Crippen LogP contribution in [0.3, 0.4) is 0 Å². The molecule has 0 saturated heterocycles. The quantitative estimate of drug-likeness (QED) is 0.306. The van der Waals surface area contributed by atoms with Crippen molar-refractivity contribution in [3.8, 4) is 0 Å². The highest BCUT2D eigenvalue weighted by atomic mass is 32.2. The van der Waals surface area contributed by atoms with Crippen molar-refractivity contribution in [2.24, 2.45) is 0 Å². The molecule has 1 heterocycles. The standard InChI is InChI=1S/C14H16F3S.BF4/c1-4-10-5-6-12-11(7-10)8-13(9(2)3)18(12)14(15,16)17;2-1(3,4)5/h5-9H,4H2,1-3H3;/q+1;-1. The van der Waals surface area contributed by atoms with Crippen molar-refractivity contribution in [1.29, 1.82) is 0 Å². The molecular weight excluding hydrogens is 344 g/mol. The summed E-state index contributed by atoms with van der Waals surface area (Å²) in [6, 6.07) is 7.07. The van der Waals surface area contributed by atoms with Crippen LogP contribution < -0.4 is 0 Å². The van der Waals surface area contributed by atoms with Gasteiger partial charge in [0.2, 0.25) is 0 Å². The van der Waals surface area contributed by atoms with Crippen molar-refractivity contribution >= 4 is 27.8 Å². The topological polar surface area (TPSA) is 0 Å². The lowest BCUT2D eigenvalue weighted by Gasteiger charge is -2.02. The number of alkyl halides is 3. The lowest BCUT2D eigenvalue weighted by Crippen LogP contribution is -2.02. The van der Waals surface area contributed by atoms with Crippen molar-refractivity contribution < 1.29 is 30.4 Å². The zero-order valence-corrected chi connectivity index (χ0v) is 13.5. The van der Waals surface area contributed by atoms with Crippen LogP contribution in [0.5, 0.6) is 0 Å². The molecule has 0 aliphatic heterocycles. The Balaban J connectivity index is 0.000000463. The Kier molecular flexibility index (Phi) is 6.12. The highest BCUT2D eigenvalue weighted by molar-refractivity contribution is 7.38. The zero-order chi connectivity index (χ0) is 18.0. The van der Waals surface area contributed by atoms with Gasteiger partial charge in [0.1, 0.15) is 0 Å². The van der Waals surface area contributed by atoms with E-state index in [4.69, 9.17) is 0 Å². The van der Waals surface area contributed by atoms with E-state index in [1.807, 2.05) is 32.9 Å². The van der Waals surface area contributed by atoms with E-state index in [1.54, 1.807) is 12.1 Å². The summed E-state index contributed by atoms with van der Waals surface area (Å²) >= 11 is 0. The zero-order valence-electron chi connectivity index (χ0n) is 12.7. The average Bonchev–Trinajstić information content (AvgIpc) is 2.74. The summed E-state index contributed by atoms with van der Waals surface area (Å²) in [4.78, 5) is 0.505. The molecule has 2 aromatic rings. The molecule has 0 aliphatic rings.